The number of nitrogens with one attached hydrogen (secondary N) is 3. The molecule has 2 saturated carbocycles. The van der Waals surface area contributed by atoms with Crippen LogP contribution in [0.15, 0.2) is 54.6 Å². The van der Waals surface area contributed by atoms with Crippen molar-refractivity contribution in [3.05, 3.63) is 65.7 Å². The number of hydrogen-bond donors (Lipinski definition) is 3. The Hall–Kier alpha value is -3.23. The summed E-state index contributed by atoms with van der Waals surface area (Å²) < 4.78 is 5.83. The minimum atomic E-state index is -0.507. The molecule has 47 heavy (non-hydrogen) atoms. The van der Waals surface area contributed by atoms with Gasteiger partial charge in [-0.15, -0.1) is 0 Å². The first-order valence-corrected chi connectivity index (χ1v) is 18.3. The Labute approximate surface area is 282 Å². The van der Waals surface area contributed by atoms with Crippen LogP contribution in [0.25, 0.3) is 0 Å². The molecule has 2 aromatic carbocycles. The number of ether oxygens (including phenoxy) is 1. The number of carbonyl (C=O) groups is 3. The van der Waals surface area contributed by atoms with Gasteiger partial charge < -0.3 is 15.4 Å². The molecule has 0 saturated heterocycles. The Morgan fingerprint density at radius 1 is 0.723 bits per heavy atom. The fourth-order valence-electron chi connectivity index (χ4n) is 6.71. The Morgan fingerprint density at radius 2 is 1.38 bits per heavy atom. The average molecular weight is 648 g/mol. The van der Waals surface area contributed by atoms with Gasteiger partial charge in [-0.3, -0.25) is 14.4 Å². The molecular formula is C39H57N3O5. The summed E-state index contributed by atoms with van der Waals surface area (Å²) >= 11 is 0. The van der Waals surface area contributed by atoms with Crippen LogP contribution in [-0.4, -0.2) is 37.0 Å². The Bertz CT molecular complexity index is 1190. The van der Waals surface area contributed by atoms with E-state index in [-0.39, 0.29) is 23.9 Å². The molecule has 2 amide bonds. The molecule has 8 nitrogen and oxygen atoms in total. The van der Waals surface area contributed by atoms with E-state index in [1.165, 1.54) is 51.4 Å². The molecule has 3 N–H and O–H groups in total. The van der Waals surface area contributed by atoms with Gasteiger partial charge in [-0.25, -0.2) is 10.3 Å². The lowest BCUT2D eigenvalue weighted by Crippen LogP contribution is -2.33. The van der Waals surface area contributed by atoms with Gasteiger partial charge in [0.05, 0.1) is 6.61 Å². The summed E-state index contributed by atoms with van der Waals surface area (Å²) in [6, 6.07) is 17.1. The monoisotopic (exact) mass is 647 g/mol. The van der Waals surface area contributed by atoms with Crippen LogP contribution in [0.5, 0.6) is 0 Å². The second-order valence-electron chi connectivity index (χ2n) is 13.5. The molecule has 0 radical (unpaired) electrons. The maximum absolute atomic E-state index is 13.0. The number of unbranched alkanes of at least 4 members (excludes halogenated alkanes) is 3. The second kappa shape index (κ2) is 21.6. The number of hydroxylamine groups is 1. The second-order valence-corrected chi connectivity index (χ2v) is 13.5. The third-order valence-electron chi connectivity index (χ3n) is 9.46. The molecule has 0 heterocycles. The number of carbonyl (C=O) groups excluding carboxylic acids is 3. The van der Waals surface area contributed by atoms with Gasteiger partial charge in [-0.05, 0) is 87.0 Å². The molecular weight excluding hydrogens is 590 g/mol. The smallest absolute Gasteiger partial charge is 0.328 e. The van der Waals surface area contributed by atoms with Gasteiger partial charge in [0.2, 0.25) is 11.8 Å². The number of benzene rings is 2. The molecule has 0 bridgehead atoms. The summed E-state index contributed by atoms with van der Waals surface area (Å²) in [5.41, 5.74) is 5.40. The predicted octanol–water partition coefficient (Wildman–Crippen LogP) is 8.12. The zero-order chi connectivity index (χ0) is 32.9. The fraction of sp³-hybridized carbons (Fsp3) is 0.615. The average Bonchev–Trinajstić information content (AvgIpc) is 3.62. The van der Waals surface area contributed by atoms with Crippen molar-refractivity contribution in [1.82, 2.24) is 10.8 Å². The first-order valence-electron chi connectivity index (χ1n) is 18.3. The van der Waals surface area contributed by atoms with E-state index in [0.29, 0.717) is 38.3 Å². The molecule has 0 aliphatic heterocycles. The van der Waals surface area contributed by atoms with Crippen LogP contribution in [0.4, 0.5) is 5.69 Å². The highest BCUT2D eigenvalue weighted by molar-refractivity contribution is 5.90. The summed E-state index contributed by atoms with van der Waals surface area (Å²) in [5, 5.41) is 6.43. The van der Waals surface area contributed by atoms with Gasteiger partial charge in [0.25, 0.3) is 0 Å². The topological polar surface area (TPSA) is 106 Å². The van der Waals surface area contributed by atoms with E-state index in [1.54, 1.807) is 0 Å². The van der Waals surface area contributed by atoms with E-state index in [2.05, 4.69) is 16.1 Å². The largest absolute Gasteiger partial charge is 0.461 e. The highest BCUT2D eigenvalue weighted by Gasteiger charge is 2.26. The SMILES string of the molecule is O=C(CCCCCCC(=O)Nc1cccc(CCN[C@H](C(=O)OC2CCCC2)c2ccccc2)c1)NOCC1CCCCCCCC1. The van der Waals surface area contributed by atoms with Crippen LogP contribution < -0.4 is 16.1 Å². The van der Waals surface area contributed by atoms with E-state index < -0.39 is 6.04 Å². The van der Waals surface area contributed by atoms with Crippen molar-refractivity contribution in [2.45, 2.75) is 134 Å². The van der Waals surface area contributed by atoms with Crippen molar-refractivity contribution >= 4 is 23.5 Å². The van der Waals surface area contributed by atoms with Crippen LogP contribution in [0.1, 0.15) is 133 Å². The molecule has 0 spiro atoms. The molecule has 2 aromatic rings. The summed E-state index contributed by atoms with van der Waals surface area (Å²) in [6.45, 7) is 1.22. The molecule has 0 unspecified atom stereocenters. The summed E-state index contributed by atoms with van der Waals surface area (Å²) in [5.74, 6) is 0.276. The first kappa shape index (κ1) is 36.6. The Kier molecular flexibility index (Phi) is 16.8. The maximum Gasteiger partial charge on any atom is 0.328 e. The lowest BCUT2D eigenvalue weighted by Gasteiger charge is -2.21. The Morgan fingerprint density at radius 3 is 2.11 bits per heavy atom. The number of hydrogen-bond acceptors (Lipinski definition) is 6. The van der Waals surface area contributed by atoms with Gasteiger partial charge in [0, 0.05) is 25.1 Å². The number of anilines is 1. The van der Waals surface area contributed by atoms with Gasteiger partial charge in [0.1, 0.15) is 12.1 Å². The van der Waals surface area contributed by atoms with E-state index in [9.17, 15) is 14.4 Å². The van der Waals surface area contributed by atoms with Crippen LogP contribution in [-0.2, 0) is 30.4 Å². The number of esters is 1. The minimum Gasteiger partial charge on any atom is -0.461 e. The van der Waals surface area contributed by atoms with Crippen molar-refractivity contribution in [3.63, 3.8) is 0 Å². The standard InChI is InChI=1S/C39H57N3O5/c43-36(25-12-5-6-13-26-37(44)42-46-30-32-17-8-3-1-2-4-9-18-32)41-34-22-16-19-31(29-34)27-28-40-38(33-20-10-7-11-21-33)39(45)47-35-23-14-15-24-35/h7,10-11,16,19-22,29,32,35,38,40H,1-6,8-9,12-15,17-18,23-28,30H2,(H,41,43)(H,42,44)/t38-/m0/s1. The van der Waals surface area contributed by atoms with E-state index in [4.69, 9.17) is 9.57 Å². The van der Waals surface area contributed by atoms with Gasteiger partial charge >= 0.3 is 5.97 Å². The molecule has 2 aliphatic carbocycles. The zero-order valence-corrected chi connectivity index (χ0v) is 28.3. The zero-order valence-electron chi connectivity index (χ0n) is 28.3. The molecule has 1 atom stereocenters. The number of amides is 2. The van der Waals surface area contributed by atoms with Crippen LogP contribution >= 0.6 is 0 Å². The third kappa shape index (κ3) is 14.6. The lowest BCUT2D eigenvalue weighted by molar-refractivity contribution is -0.151. The maximum atomic E-state index is 13.0. The molecule has 4 rings (SSSR count). The molecule has 8 heteroatoms. The molecule has 258 valence electrons. The van der Waals surface area contributed by atoms with Gasteiger partial charge in [0.15, 0.2) is 0 Å². The van der Waals surface area contributed by atoms with Gasteiger partial charge in [-0.2, -0.15) is 0 Å². The minimum absolute atomic E-state index is 0.00450. The highest BCUT2D eigenvalue weighted by atomic mass is 16.7. The van der Waals surface area contributed by atoms with Crippen LogP contribution in [0.2, 0.25) is 0 Å². The Balaban J connectivity index is 1.07. The summed E-state index contributed by atoms with van der Waals surface area (Å²) in [4.78, 5) is 43.4. The molecule has 2 aliphatic rings. The van der Waals surface area contributed by atoms with Crippen molar-refractivity contribution in [1.29, 1.82) is 0 Å². The fourth-order valence-corrected chi connectivity index (χ4v) is 6.71. The third-order valence-corrected chi connectivity index (χ3v) is 9.46. The first-order chi connectivity index (χ1) is 23.1. The summed E-state index contributed by atoms with van der Waals surface area (Å²) in [6.07, 6.45) is 19.4. The molecule has 2 fully saturated rings. The van der Waals surface area contributed by atoms with Crippen molar-refractivity contribution in [2.24, 2.45) is 5.92 Å². The number of rotatable bonds is 18. The highest BCUT2D eigenvalue weighted by Crippen LogP contribution is 2.25. The van der Waals surface area contributed by atoms with Crippen LogP contribution in [0, 0.1) is 5.92 Å². The van der Waals surface area contributed by atoms with E-state index in [0.717, 1.165) is 68.2 Å². The molecule has 0 aromatic heterocycles. The normalized spacial score (nSPS) is 16.9. The van der Waals surface area contributed by atoms with Crippen molar-refractivity contribution in [2.75, 3.05) is 18.5 Å². The summed E-state index contributed by atoms with van der Waals surface area (Å²) in [7, 11) is 0. The van der Waals surface area contributed by atoms with Crippen LogP contribution in [0.3, 0.4) is 0 Å². The predicted molar refractivity (Wildman–Crippen MR) is 187 cm³/mol. The van der Waals surface area contributed by atoms with Gasteiger partial charge in [-0.1, -0.05) is 93.8 Å². The van der Waals surface area contributed by atoms with Crippen molar-refractivity contribution in [3.8, 4) is 0 Å². The van der Waals surface area contributed by atoms with Crippen molar-refractivity contribution < 1.29 is 24.0 Å². The van der Waals surface area contributed by atoms with E-state index in [1.807, 2.05) is 54.6 Å². The lowest BCUT2D eigenvalue weighted by atomic mass is 9.98. The quantitative estimate of drug-likeness (QED) is 0.0857. The van der Waals surface area contributed by atoms with E-state index >= 15 is 0 Å².